The van der Waals surface area contributed by atoms with Crippen LogP contribution in [0.15, 0.2) is 18.2 Å². The minimum Gasteiger partial charge on any atom is -0.368 e. The molecule has 13 heavy (non-hydrogen) atoms. The summed E-state index contributed by atoms with van der Waals surface area (Å²) in [7, 11) is 0. The van der Waals surface area contributed by atoms with E-state index in [0.717, 1.165) is 0 Å². The quantitative estimate of drug-likeness (QED) is 0.790. The van der Waals surface area contributed by atoms with E-state index in [1.807, 2.05) is 0 Å². The Labute approximate surface area is 85.6 Å². The fraction of sp³-hybridized carbons (Fsp3) is 0.125. The van der Waals surface area contributed by atoms with E-state index in [-0.39, 0.29) is 0 Å². The summed E-state index contributed by atoms with van der Waals surface area (Å²) in [4.78, 5) is 10.8. The average molecular weight is 219 g/mol. The van der Waals surface area contributed by atoms with E-state index in [1.54, 1.807) is 18.2 Å². The smallest absolute Gasteiger partial charge is 0.239 e. The third-order valence-electron chi connectivity index (χ3n) is 1.62. The molecule has 0 heterocycles. The van der Waals surface area contributed by atoms with Crippen LogP contribution < -0.4 is 11.5 Å². The Morgan fingerprint density at radius 3 is 2.15 bits per heavy atom. The number of carbonyl (C=O) groups excluding carboxylic acids is 1. The number of primary amides is 1. The zero-order valence-corrected chi connectivity index (χ0v) is 8.14. The first-order valence-electron chi connectivity index (χ1n) is 3.53. The maximum atomic E-state index is 10.8. The minimum atomic E-state index is -0.957. The van der Waals surface area contributed by atoms with E-state index in [0.29, 0.717) is 15.6 Å². The third-order valence-corrected chi connectivity index (χ3v) is 2.28. The summed E-state index contributed by atoms with van der Waals surface area (Å²) < 4.78 is 0. The third kappa shape index (κ3) is 2.12. The normalized spacial score (nSPS) is 12.5. The van der Waals surface area contributed by atoms with Crippen molar-refractivity contribution in [2.45, 2.75) is 6.04 Å². The molecule has 5 heteroatoms. The maximum Gasteiger partial charge on any atom is 0.239 e. The topological polar surface area (TPSA) is 69.1 Å². The largest absolute Gasteiger partial charge is 0.368 e. The van der Waals surface area contributed by atoms with E-state index in [2.05, 4.69) is 0 Å². The average Bonchev–Trinajstić information content (AvgIpc) is 2.03. The Balaban J connectivity index is 3.20. The summed E-state index contributed by atoms with van der Waals surface area (Å²) in [6, 6.07) is 3.92. The first kappa shape index (κ1) is 10.3. The number of halogens is 2. The van der Waals surface area contributed by atoms with E-state index in [9.17, 15) is 4.79 Å². The van der Waals surface area contributed by atoms with Crippen molar-refractivity contribution < 1.29 is 4.79 Å². The fourth-order valence-electron chi connectivity index (χ4n) is 0.950. The molecule has 0 bridgehead atoms. The van der Waals surface area contributed by atoms with E-state index in [1.165, 1.54) is 0 Å². The minimum absolute atomic E-state index is 0.346. The Morgan fingerprint density at radius 1 is 1.31 bits per heavy atom. The summed E-state index contributed by atoms with van der Waals surface area (Å²) in [6.07, 6.45) is 0. The molecule has 0 fully saturated rings. The van der Waals surface area contributed by atoms with Crippen LogP contribution in [0.4, 0.5) is 0 Å². The lowest BCUT2D eigenvalue weighted by atomic mass is 10.1. The molecule has 1 unspecified atom stereocenters. The highest BCUT2D eigenvalue weighted by Gasteiger charge is 2.18. The van der Waals surface area contributed by atoms with Crippen molar-refractivity contribution in [3.05, 3.63) is 33.8 Å². The molecule has 4 N–H and O–H groups in total. The molecular formula is C8H8Cl2N2O. The van der Waals surface area contributed by atoms with Crippen LogP contribution in [0.1, 0.15) is 11.6 Å². The Hall–Kier alpha value is -0.770. The van der Waals surface area contributed by atoms with Crippen molar-refractivity contribution in [3.63, 3.8) is 0 Å². The highest BCUT2D eigenvalue weighted by Crippen LogP contribution is 2.28. The second kappa shape index (κ2) is 3.96. The fourth-order valence-corrected chi connectivity index (χ4v) is 1.58. The zero-order chi connectivity index (χ0) is 10.0. The first-order valence-corrected chi connectivity index (χ1v) is 4.28. The van der Waals surface area contributed by atoms with Crippen LogP contribution in [0.5, 0.6) is 0 Å². The van der Waals surface area contributed by atoms with Crippen molar-refractivity contribution in [2.24, 2.45) is 11.5 Å². The first-order chi connectivity index (χ1) is 6.04. The lowest BCUT2D eigenvalue weighted by Crippen LogP contribution is -2.28. The van der Waals surface area contributed by atoms with Crippen LogP contribution in [0.25, 0.3) is 0 Å². The number of carbonyl (C=O) groups is 1. The molecule has 0 radical (unpaired) electrons. The van der Waals surface area contributed by atoms with Crippen molar-refractivity contribution in [3.8, 4) is 0 Å². The van der Waals surface area contributed by atoms with Gasteiger partial charge >= 0.3 is 0 Å². The van der Waals surface area contributed by atoms with Crippen LogP contribution in [0.2, 0.25) is 10.0 Å². The molecule has 0 saturated heterocycles. The Bertz CT molecular complexity index is 321. The molecule has 1 rings (SSSR count). The monoisotopic (exact) mass is 218 g/mol. The Morgan fingerprint density at radius 2 is 1.77 bits per heavy atom. The van der Waals surface area contributed by atoms with Gasteiger partial charge in [-0.15, -0.1) is 0 Å². The van der Waals surface area contributed by atoms with Gasteiger partial charge in [0.15, 0.2) is 0 Å². The molecule has 1 atom stereocenters. The van der Waals surface area contributed by atoms with Crippen LogP contribution in [0, 0.1) is 0 Å². The maximum absolute atomic E-state index is 10.8. The molecule has 3 nitrogen and oxygen atoms in total. The van der Waals surface area contributed by atoms with Gasteiger partial charge in [-0.2, -0.15) is 0 Å². The lowest BCUT2D eigenvalue weighted by Gasteiger charge is -2.11. The number of nitrogens with two attached hydrogens (primary N) is 2. The van der Waals surface area contributed by atoms with Gasteiger partial charge in [-0.1, -0.05) is 29.3 Å². The van der Waals surface area contributed by atoms with Gasteiger partial charge in [-0.3, -0.25) is 4.79 Å². The number of hydrogen-bond donors (Lipinski definition) is 2. The SMILES string of the molecule is NC(=O)C(N)c1c(Cl)cccc1Cl. The van der Waals surface area contributed by atoms with Gasteiger partial charge in [0, 0.05) is 15.6 Å². The molecule has 0 aliphatic heterocycles. The molecule has 0 aliphatic carbocycles. The van der Waals surface area contributed by atoms with Gasteiger partial charge in [0.1, 0.15) is 6.04 Å². The molecular weight excluding hydrogens is 211 g/mol. The summed E-state index contributed by atoms with van der Waals surface area (Å²) in [6.45, 7) is 0. The van der Waals surface area contributed by atoms with E-state index in [4.69, 9.17) is 34.7 Å². The second-order valence-corrected chi connectivity index (χ2v) is 3.33. The van der Waals surface area contributed by atoms with Crippen molar-refractivity contribution in [2.75, 3.05) is 0 Å². The predicted molar refractivity (Wildman–Crippen MR) is 52.6 cm³/mol. The number of rotatable bonds is 2. The van der Waals surface area contributed by atoms with Crippen molar-refractivity contribution in [1.82, 2.24) is 0 Å². The number of hydrogen-bond acceptors (Lipinski definition) is 2. The summed E-state index contributed by atoms with van der Waals surface area (Å²) in [5.41, 5.74) is 10.9. The molecule has 0 saturated carbocycles. The van der Waals surface area contributed by atoms with Crippen LogP contribution in [0.3, 0.4) is 0 Å². The number of benzene rings is 1. The number of amides is 1. The van der Waals surface area contributed by atoms with Gasteiger partial charge in [0.2, 0.25) is 5.91 Å². The molecule has 1 aromatic carbocycles. The second-order valence-electron chi connectivity index (χ2n) is 2.52. The summed E-state index contributed by atoms with van der Waals surface area (Å²) in [5.74, 6) is -0.657. The van der Waals surface area contributed by atoms with Crippen LogP contribution in [-0.2, 0) is 4.79 Å². The van der Waals surface area contributed by atoms with Crippen molar-refractivity contribution in [1.29, 1.82) is 0 Å². The molecule has 70 valence electrons. The molecule has 0 aliphatic rings. The highest BCUT2D eigenvalue weighted by molar-refractivity contribution is 6.36. The molecule has 0 spiro atoms. The van der Waals surface area contributed by atoms with Gasteiger partial charge in [-0.25, -0.2) is 0 Å². The van der Waals surface area contributed by atoms with Crippen molar-refractivity contribution >= 4 is 29.1 Å². The van der Waals surface area contributed by atoms with Gasteiger partial charge < -0.3 is 11.5 Å². The van der Waals surface area contributed by atoms with Gasteiger partial charge in [0.05, 0.1) is 0 Å². The van der Waals surface area contributed by atoms with Gasteiger partial charge in [0.25, 0.3) is 0 Å². The van der Waals surface area contributed by atoms with Crippen LogP contribution in [-0.4, -0.2) is 5.91 Å². The van der Waals surface area contributed by atoms with Gasteiger partial charge in [-0.05, 0) is 12.1 Å². The zero-order valence-electron chi connectivity index (χ0n) is 6.63. The van der Waals surface area contributed by atoms with E-state index >= 15 is 0 Å². The lowest BCUT2D eigenvalue weighted by molar-refractivity contribution is -0.119. The molecule has 1 amide bonds. The summed E-state index contributed by atoms with van der Waals surface area (Å²) >= 11 is 11.6. The standard InChI is InChI=1S/C8H8Cl2N2O/c9-4-2-1-3-5(10)6(4)7(11)8(12)13/h1-3,7H,11H2,(H2,12,13). The Kier molecular flexibility index (Phi) is 3.14. The van der Waals surface area contributed by atoms with Crippen LogP contribution >= 0.6 is 23.2 Å². The molecule has 0 aromatic heterocycles. The van der Waals surface area contributed by atoms with E-state index < -0.39 is 11.9 Å². The highest BCUT2D eigenvalue weighted by atomic mass is 35.5. The summed E-state index contributed by atoms with van der Waals surface area (Å²) in [5, 5.41) is 0.692. The predicted octanol–water partition coefficient (Wildman–Crippen LogP) is 1.48. The molecule has 1 aromatic rings.